The zero-order chi connectivity index (χ0) is 16.4. The molecule has 1 aliphatic heterocycles. The molecule has 3 rings (SSSR count). The summed E-state index contributed by atoms with van der Waals surface area (Å²) in [4.78, 5) is 14.2. The van der Waals surface area contributed by atoms with Gasteiger partial charge in [0.2, 0.25) is 0 Å². The van der Waals surface area contributed by atoms with Crippen LogP contribution in [0.25, 0.3) is 11.6 Å². The number of aliphatic hydroxyl groups excluding tert-OH is 1. The third-order valence-electron chi connectivity index (χ3n) is 4.58. The summed E-state index contributed by atoms with van der Waals surface area (Å²) in [5, 5.41) is 10.1. The van der Waals surface area contributed by atoms with Crippen LogP contribution in [-0.4, -0.2) is 55.4 Å². The van der Waals surface area contributed by atoms with E-state index in [9.17, 15) is 9.90 Å². The number of carbonyl (C=O) groups is 1. The van der Waals surface area contributed by atoms with Crippen molar-refractivity contribution in [2.24, 2.45) is 5.92 Å². The van der Waals surface area contributed by atoms with Crippen LogP contribution in [0.15, 0.2) is 18.2 Å². The van der Waals surface area contributed by atoms with Crippen molar-refractivity contribution in [1.82, 2.24) is 4.90 Å². The molecule has 0 aromatic heterocycles. The molecule has 1 aromatic carbocycles. The molecule has 0 bridgehead atoms. The number of hydrogen-bond acceptors (Lipinski definition) is 5. The van der Waals surface area contributed by atoms with Gasteiger partial charge in [-0.25, -0.2) is 0 Å². The average molecular weight is 354 g/mol. The van der Waals surface area contributed by atoms with Crippen LogP contribution in [0.5, 0.6) is 5.75 Å². The van der Waals surface area contributed by atoms with E-state index in [0.717, 1.165) is 18.8 Å². The number of piperidine rings is 1. The number of benzene rings is 1. The average Bonchev–Trinajstić information content (AvgIpc) is 2.54. The Bertz CT molecular complexity index is 631. The summed E-state index contributed by atoms with van der Waals surface area (Å²) in [6, 6.07) is 6.06. The van der Waals surface area contributed by atoms with Crippen LogP contribution in [0.2, 0.25) is 0 Å². The first-order chi connectivity index (χ1) is 11.1. The summed E-state index contributed by atoms with van der Waals surface area (Å²) in [6.07, 6.45) is 2.16. The molecule has 6 heteroatoms. The smallest absolute Gasteiger partial charge is 0.312 e. The van der Waals surface area contributed by atoms with E-state index in [0.29, 0.717) is 19.6 Å². The highest BCUT2D eigenvalue weighted by atomic mass is 35.5. The van der Waals surface area contributed by atoms with E-state index in [4.69, 9.17) is 9.47 Å². The van der Waals surface area contributed by atoms with Gasteiger partial charge in [-0.2, -0.15) is 0 Å². The number of rotatable bonds is 5. The van der Waals surface area contributed by atoms with E-state index < -0.39 is 12.0 Å². The lowest BCUT2D eigenvalue weighted by Crippen LogP contribution is -2.47. The van der Waals surface area contributed by atoms with Crippen molar-refractivity contribution in [1.29, 1.82) is 0 Å². The minimum atomic E-state index is -0.604. The lowest BCUT2D eigenvalue weighted by atomic mass is 9.87. The second-order valence-corrected chi connectivity index (χ2v) is 6.07. The van der Waals surface area contributed by atoms with Crippen LogP contribution in [0.4, 0.5) is 0 Å². The molecule has 5 nitrogen and oxygen atoms in total. The molecule has 1 aromatic rings. The van der Waals surface area contributed by atoms with Crippen molar-refractivity contribution < 1.29 is 19.4 Å². The van der Waals surface area contributed by atoms with Gasteiger partial charge >= 0.3 is 5.97 Å². The first-order valence-corrected chi connectivity index (χ1v) is 8.08. The Morgan fingerprint density at radius 2 is 2.21 bits per heavy atom. The van der Waals surface area contributed by atoms with E-state index >= 15 is 0 Å². The van der Waals surface area contributed by atoms with Crippen molar-refractivity contribution in [2.45, 2.75) is 19.4 Å². The zero-order valence-electron chi connectivity index (χ0n) is 14.0. The molecule has 2 aliphatic rings. The third kappa shape index (κ3) is 3.74. The van der Waals surface area contributed by atoms with Gasteiger partial charge < -0.3 is 14.6 Å². The predicted molar refractivity (Wildman–Crippen MR) is 95.3 cm³/mol. The SMILES string of the molecule is CCOC(=O)C1CN(CC2=Cc3ccc(OC)cc32)CCC1O.Cl. The van der Waals surface area contributed by atoms with Gasteiger partial charge in [-0.1, -0.05) is 6.07 Å². The summed E-state index contributed by atoms with van der Waals surface area (Å²) in [7, 11) is 1.67. The maximum absolute atomic E-state index is 12.0. The second kappa shape index (κ2) is 8.01. The lowest BCUT2D eigenvalue weighted by Gasteiger charge is -2.36. The lowest BCUT2D eigenvalue weighted by molar-refractivity contribution is -0.155. The number of methoxy groups -OCH3 is 1. The number of fused-ring (bicyclic) bond motifs is 1. The third-order valence-corrected chi connectivity index (χ3v) is 4.58. The summed E-state index contributed by atoms with van der Waals surface area (Å²) >= 11 is 0. The molecule has 132 valence electrons. The van der Waals surface area contributed by atoms with Crippen LogP contribution in [-0.2, 0) is 9.53 Å². The molecule has 0 amide bonds. The molecule has 2 unspecified atom stereocenters. The number of likely N-dealkylation sites (tertiary alicyclic amines) is 1. The van der Waals surface area contributed by atoms with E-state index in [-0.39, 0.29) is 18.4 Å². The van der Waals surface area contributed by atoms with Gasteiger partial charge in [0.15, 0.2) is 0 Å². The molecule has 1 aliphatic carbocycles. The topological polar surface area (TPSA) is 59.0 Å². The number of ether oxygens (including phenoxy) is 2. The van der Waals surface area contributed by atoms with E-state index in [1.54, 1.807) is 14.0 Å². The fourth-order valence-corrected chi connectivity index (χ4v) is 3.26. The molecule has 0 radical (unpaired) electrons. The molecule has 2 atom stereocenters. The van der Waals surface area contributed by atoms with E-state index in [1.165, 1.54) is 16.7 Å². The zero-order valence-corrected chi connectivity index (χ0v) is 14.8. The molecule has 1 fully saturated rings. The van der Waals surface area contributed by atoms with Crippen molar-refractivity contribution in [3.8, 4) is 5.75 Å². The summed E-state index contributed by atoms with van der Waals surface area (Å²) < 4.78 is 10.4. The number of aliphatic hydroxyl groups is 1. The van der Waals surface area contributed by atoms with Crippen molar-refractivity contribution in [2.75, 3.05) is 33.4 Å². The van der Waals surface area contributed by atoms with Gasteiger partial charge in [-0.05, 0) is 48.3 Å². The van der Waals surface area contributed by atoms with Crippen LogP contribution >= 0.6 is 12.4 Å². The summed E-state index contributed by atoms with van der Waals surface area (Å²) in [5.41, 5.74) is 3.68. The van der Waals surface area contributed by atoms with Gasteiger partial charge in [0.25, 0.3) is 0 Å². The first kappa shape index (κ1) is 18.8. The van der Waals surface area contributed by atoms with Crippen LogP contribution in [0.1, 0.15) is 24.5 Å². The number of nitrogens with zero attached hydrogens (tertiary/aromatic N) is 1. The van der Waals surface area contributed by atoms with Crippen LogP contribution in [0, 0.1) is 5.92 Å². The fraction of sp³-hybridized carbons (Fsp3) is 0.500. The van der Waals surface area contributed by atoms with Crippen molar-refractivity contribution >= 4 is 30.0 Å². The minimum Gasteiger partial charge on any atom is -0.497 e. The molecular weight excluding hydrogens is 330 g/mol. The molecular formula is C18H24ClNO4. The largest absolute Gasteiger partial charge is 0.497 e. The van der Waals surface area contributed by atoms with Gasteiger partial charge in [-0.15, -0.1) is 12.4 Å². The highest BCUT2D eigenvalue weighted by Crippen LogP contribution is 2.36. The Labute approximate surface area is 148 Å². The van der Waals surface area contributed by atoms with Gasteiger partial charge in [-0.3, -0.25) is 9.69 Å². The quantitative estimate of drug-likeness (QED) is 0.822. The Morgan fingerprint density at radius 3 is 2.92 bits per heavy atom. The van der Waals surface area contributed by atoms with Crippen molar-refractivity contribution in [3.63, 3.8) is 0 Å². The van der Waals surface area contributed by atoms with E-state index in [2.05, 4.69) is 17.0 Å². The highest BCUT2D eigenvalue weighted by Gasteiger charge is 2.35. The normalized spacial score (nSPS) is 22.5. The molecule has 1 heterocycles. The Hall–Kier alpha value is -1.56. The van der Waals surface area contributed by atoms with Crippen molar-refractivity contribution in [3.05, 3.63) is 29.3 Å². The molecule has 24 heavy (non-hydrogen) atoms. The predicted octanol–water partition coefficient (Wildman–Crippen LogP) is 2.22. The number of carbonyl (C=O) groups excluding carboxylic acids is 1. The van der Waals surface area contributed by atoms with Crippen LogP contribution < -0.4 is 4.74 Å². The Balaban J connectivity index is 0.00000208. The number of hydrogen-bond donors (Lipinski definition) is 1. The Morgan fingerprint density at radius 1 is 1.42 bits per heavy atom. The first-order valence-electron chi connectivity index (χ1n) is 8.08. The molecule has 1 saturated heterocycles. The summed E-state index contributed by atoms with van der Waals surface area (Å²) in [6.45, 7) is 4.24. The standard InChI is InChI=1S/C18H23NO4.ClH/c1-3-23-18(21)16-11-19(7-6-17(16)20)10-13-8-12-4-5-14(22-2)9-15(12)13;/h4-5,8-9,16-17,20H,3,6-7,10-11H2,1-2H3;1H. The van der Waals surface area contributed by atoms with Crippen LogP contribution in [0.3, 0.4) is 0 Å². The Kier molecular flexibility index (Phi) is 6.27. The maximum Gasteiger partial charge on any atom is 0.312 e. The fourth-order valence-electron chi connectivity index (χ4n) is 3.26. The summed E-state index contributed by atoms with van der Waals surface area (Å²) in [5.74, 6) is 0.108. The molecule has 1 N–H and O–H groups in total. The molecule has 0 saturated carbocycles. The number of halogens is 1. The molecule has 0 spiro atoms. The number of esters is 1. The second-order valence-electron chi connectivity index (χ2n) is 6.07. The van der Waals surface area contributed by atoms with Gasteiger partial charge in [0, 0.05) is 19.6 Å². The van der Waals surface area contributed by atoms with E-state index in [1.807, 2.05) is 12.1 Å². The maximum atomic E-state index is 12.0. The van der Waals surface area contributed by atoms with Gasteiger partial charge in [0.1, 0.15) is 5.75 Å². The monoisotopic (exact) mass is 353 g/mol. The highest BCUT2D eigenvalue weighted by molar-refractivity contribution is 5.96. The minimum absolute atomic E-state index is 0. The van der Waals surface area contributed by atoms with Gasteiger partial charge in [0.05, 0.1) is 25.7 Å².